The standard InChI is InChI=1S/C17H15ClN2OS/c18-13-6-1-2-7-14(13)19-17(21)12-15(16-8-5-11-22-16)20-9-3-4-10-20/h1-11,15H,12H2,(H,19,21)/t15-/m0/s1. The molecule has 0 aliphatic rings. The molecule has 0 bridgehead atoms. The van der Waals surface area contributed by atoms with Crippen LogP contribution < -0.4 is 5.32 Å². The molecule has 3 nitrogen and oxygen atoms in total. The maximum atomic E-state index is 12.4. The lowest BCUT2D eigenvalue weighted by molar-refractivity contribution is -0.116. The van der Waals surface area contributed by atoms with Gasteiger partial charge < -0.3 is 9.88 Å². The van der Waals surface area contributed by atoms with Crippen LogP contribution in [0.5, 0.6) is 0 Å². The molecule has 5 heteroatoms. The second-order valence-electron chi connectivity index (χ2n) is 4.89. The van der Waals surface area contributed by atoms with Crippen LogP contribution in [0, 0.1) is 0 Å². The van der Waals surface area contributed by atoms with E-state index in [1.165, 1.54) is 0 Å². The fourth-order valence-corrected chi connectivity index (χ4v) is 3.35. The average molecular weight is 331 g/mol. The van der Waals surface area contributed by atoms with Crippen molar-refractivity contribution in [3.63, 3.8) is 0 Å². The molecule has 0 saturated carbocycles. The largest absolute Gasteiger partial charge is 0.346 e. The zero-order valence-electron chi connectivity index (χ0n) is 11.8. The topological polar surface area (TPSA) is 34.0 Å². The third-order valence-corrected chi connectivity index (χ3v) is 4.69. The summed E-state index contributed by atoms with van der Waals surface area (Å²) in [6.45, 7) is 0. The van der Waals surface area contributed by atoms with Crippen molar-refractivity contribution in [1.29, 1.82) is 0 Å². The Labute approximate surface area is 138 Å². The summed E-state index contributed by atoms with van der Waals surface area (Å²) in [6.07, 6.45) is 4.32. The first-order valence-electron chi connectivity index (χ1n) is 6.94. The van der Waals surface area contributed by atoms with Crippen LogP contribution >= 0.6 is 22.9 Å². The zero-order chi connectivity index (χ0) is 15.4. The number of hydrogen-bond donors (Lipinski definition) is 1. The molecule has 22 heavy (non-hydrogen) atoms. The third-order valence-electron chi connectivity index (χ3n) is 3.39. The lowest BCUT2D eigenvalue weighted by Gasteiger charge is -2.17. The van der Waals surface area contributed by atoms with Crippen molar-refractivity contribution in [3.05, 3.63) is 76.2 Å². The summed E-state index contributed by atoms with van der Waals surface area (Å²) >= 11 is 7.74. The number of benzene rings is 1. The van der Waals surface area contributed by atoms with Crippen molar-refractivity contribution >= 4 is 34.5 Å². The number of thiophene rings is 1. The summed E-state index contributed by atoms with van der Waals surface area (Å²) < 4.78 is 2.05. The van der Waals surface area contributed by atoms with Crippen LogP contribution in [0.2, 0.25) is 5.02 Å². The third kappa shape index (κ3) is 3.40. The second-order valence-corrected chi connectivity index (χ2v) is 6.28. The van der Waals surface area contributed by atoms with E-state index >= 15 is 0 Å². The maximum Gasteiger partial charge on any atom is 0.226 e. The molecule has 1 amide bonds. The first-order valence-corrected chi connectivity index (χ1v) is 8.20. The Bertz CT molecular complexity index is 704. The van der Waals surface area contributed by atoms with Gasteiger partial charge in [0.2, 0.25) is 5.91 Å². The van der Waals surface area contributed by atoms with E-state index in [0.29, 0.717) is 17.1 Å². The molecule has 0 saturated heterocycles. The van der Waals surface area contributed by atoms with E-state index in [1.54, 1.807) is 23.5 Å². The Hall–Kier alpha value is -2.04. The van der Waals surface area contributed by atoms with Crippen molar-refractivity contribution < 1.29 is 4.79 Å². The molecule has 2 aromatic heterocycles. The highest BCUT2D eigenvalue weighted by Gasteiger charge is 2.18. The van der Waals surface area contributed by atoms with Gasteiger partial charge in [-0.25, -0.2) is 0 Å². The van der Waals surface area contributed by atoms with Gasteiger partial charge in [0.25, 0.3) is 0 Å². The quantitative estimate of drug-likeness (QED) is 0.715. The molecule has 0 fully saturated rings. The molecule has 0 unspecified atom stereocenters. The highest BCUT2D eigenvalue weighted by Crippen LogP contribution is 2.28. The Morgan fingerprint density at radius 3 is 2.59 bits per heavy atom. The number of anilines is 1. The molecular weight excluding hydrogens is 316 g/mol. The van der Waals surface area contributed by atoms with Gasteiger partial charge in [-0.3, -0.25) is 4.79 Å². The highest BCUT2D eigenvalue weighted by molar-refractivity contribution is 7.10. The van der Waals surface area contributed by atoms with Crippen LogP contribution in [0.3, 0.4) is 0 Å². The molecule has 2 heterocycles. The minimum atomic E-state index is -0.0554. The Balaban J connectivity index is 1.77. The van der Waals surface area contributed by atoms with Crippen LogP contribution in [0.4, 0.5) is 5.69 Å². The van der Waals surface area contributed by atoms with Gasteiger partial charge in [0.15, 0.2) is 0 Å². The number of amides is 1. The van der Waals surface area contributed by atoms with Crippen molar-refractivity contribution in [2.75, 3.05) is 5.32 Å². The number of aromatic nitrogens is 1. The number of rotatable bonds is 5. The van der Waals surface area contributed by atoms with Crippen molar-refractivity contribution in [1.82, 2.24) is 4.57 Å². The smallest absolute Gasteiger partial charge is 0.226 e. The van der Waals surface area contributed by atoms with Gasteiger partial charge >= 0.3 is 0 Å². The van der Waals surface area contributed by atoms with Gasteiger partial charge in [-0.15, -0.1) is 11.3 Å². The summed E-state index contributed by atoms with van der Waals surface area (Å²) in [5, 5.41) is 5.46. The fraction of sp³-hybridized carbons (Fsp3) is 0.118. The lowest BCUT2D eigenvalue weighted by atomic mass is 10.1. The average Bonchev–Trinajstić information content (AvgIpc) is 3.21. The molecule has 1 aromatic carbocycles. The fourth-order valence-electron chi connectivity index (χ4n) is 2.33. The van der Waals surface area contributed by atoms with E-state index in [2.05, 4.69) is 16.0 Å². The number of halogens is 1. The Kier molecular flexibility index (Phi) is 4.61. The Morgan fingerprint density at radius 1 is 1.14 bits per heavy atom. The van der Waals surface area contributed by atoms with E-state index in [0.717, 1.165) is 4.88 Å². The minimum Gasteiger partial charge on any atom is -0.346 e. The predicted molar refractivity (Wildman–Crippen MR) is 91.6 cm³/mol. The van der Waals surface area contributed by atoms with Crippen LogP contribution in [0.25, 0.3) is 0 Å². The van der Waals surface area contributed by atoms with Crippen molar-refractivity contribution in [3.8, 4) is 0 Å². The summed E-state index contributed by atoms with van der Waals surface area (Å²) in [6, 6.07) is 15.2. The van der Waals surface area contributed by atoms with Crippen LogP contribution in [-0.4, -0.2) is 10.5 Å². The summed E-state index contributed by atoms with van der Waals surface area (Å²) in [7, 11) is 0. The zero-order valence-corrected chi connectivity index (χ0v) is 13.3. The van der Waals surface area contributed by atoms with E-state index in [9.17, 15) is 4.79 Å². The van der Waals surface area contributed by atoms with Gasteiger partial charge in [0.05, 0.1) is 23.2 Å². The van der Waals surface area contributed by atoms with Gasteiger partial charge in [0, 0.05) is 17.3 Å². The van der Waals surface area contributed by atoms with Crippen LogP contribution in [-0.2, 0) is 4.79 Å². The number of nitrogens with one attached hydrogen (secondary N) is 1. The number of hydrogen-bond acceptors (Lipinski definition) is 2. The molecule has 3 aromatic rings. The number of carbonyl (C=O) groups excluding carboxylic acids is 1. The van der Waals surface area contributed by atoms with Crippen molar-refractivity contribution in [2.24, 2.45) is 0 Å². The molecule has 1 atom stereocenters. The minimum absolute atomic E-state index is 0.00233. The lowest BCUT2D eigenvalue weighted by Crippen LogP contribution is -2.19. The van der Waals surface area contributed by atoms with E-state index in [-0.39, 0.29) is 11.9 Å². The first kappa shape index (κ1) is 14.9. The van der Waals surface area contributed by atoms with Gasteiger partial charge in [-0.05, 0) is 35.7 Å². The van der Waals surface area contributed by atoms with E-state index in [1.807, 2.05) is 48.1 Å². The highest BCUT2D eigenvalue weighted by atomic mass is 35.5. The van der Waals surface area contributed by atoms with Crippen molar-refractivity contribution in [2.45, 2.75) is 12.5 Å². The van der Waals surface area contributed by atoms with Gasteiger partial charge in [-0.1, -0.05) is 29.8 Å². The molecule has 0 radical (unpaired) electrons. The van der Waals surface area contributed by atoms with Crippen LogP contribution in [0.1, 0.15) is 17.3 Å². The first-order chi connectivity index (χ1) is 10.7. The molecule has 1 N–H and O–H groups in total. The van der Waals surface area contributed by atoms with E-state index < -0.39 is 0 Å². The predicted octanol–water partition coefficient (Wildman–Crippen LogP) is 4.82. The second kappa shape index (κ2) is 6.81. The molecule has 0 aliphatic heterocycles. The Morgan fingerprint density at radius 2 is 1.91 bits per heavy atom. The monoisotopic (exact) mass is 330 g/mol. The molecule has 0 spiro atoms. The molecular formula is C17H15ClN2OS. The summed E-state index contributed by atoms with van der Waals surface area (Å²) in [5.41, 5.74) is 0.645. The van der Waals surface area contributed by atoms with Crippen LogP contribution in [0.15, 0.2) is 66.3 Å². The molecule has 112 valence electrons. The van der Waals surface area contributed by atoms with Gasteiger partial charge in [-0.2, -0.15) is 0 Å². The van der Waals surface area contributed by atoms with E-state index in [4.69, 9.17) is 11.6 Å². The number of para-hydroxylation sites is 1. The summed E-state index contributed by atoms with van der Waals surface area (Å²) in [4.78, 5) is 13.5. The van der Waals surface area contributed by atoms with Gasteiger partial charge in [0.1, 0.15) is 0 Å². The normalized spacial score (nSPS) is 12.0. The SMILES string of the molecule is O=C(C[C@@H](c1cccs1)n1cccc1)Nc1ccccc1Cl. The number of carbonyl (C=O) groups is 1. The molecule has 3 rings (SSSR count). The molecule has 0 aliphatic carbocycles. The maximum absolute atomic E-state index is 12.4. The number of nitrogens with zero attached hydrogens (tertiary/aromatic N) is 1. The summed E-state index contributed by atoms with van der Waals surface area (Å²) in [5.74, 6) is -0.0554.